The summed E-state index contributed by atoms with van der Waals surface area (Å²) in [5.74, 6) is 0. The molecule has 0 aromatic rings. The molecule has 3 nitrogen and oxygen atoms in total. The van der Waals surface area contributed by atoms with Crippen LogP contribution < -0.4 is 5.73 Å². The Morgan fingerprint density at radius 1 is 2.00 bits per heavy atom. The van der Waals surface area contributed by atoms with Crippen LogP contribution in [0.4, 0.5) is 4.79 Å². The van der Waals surface area contributed by atoms with E-state index >= 15 is 0 Å². The number of thiol groups is 1. The minimum atomic E-state index is -0.580. The predicted octanol–water partition coefficient (Wildman–Crippen LogP) is 0.00200. The molecule has 1 atom stereocenters. The van der Waals surface area contributed by atoms with Gasteiger partial charge in [-0.1, -0.05) is 12.8 Å². The van der Waals surface area contributed by atoms with Gasteiger partial charge in [-0.15, -0.1) is 0 Å². The maximum atomic E-state index is 9.75. The van der Waals surface area contributed by atoms with Crippen LogP contribution in [0.25, 0.3) is 0 Å². The maximum Gasteiger partial charge on any atom is 0.327 e. The first kappa shape index (κ1) is 6.05. The van der Waals surface area contributed by atoms with E-state index in [1.165, 1.54) is 0 Å². The monoisotopic (exact) mass is 124 g/mol. The van der Waals surface area contributed by atoms with E-state index in [4.69, 9.17) is 0 Å². The van der Waals surface area contributed by atoms with Crippen molar-refractivity contribution in [3.8, 4) is 0 Å². The Balaban J connectivity index is 3.26. The Morgan fingerprint density at radius 3 is 2.17 bits per heavy atom. The van der Waals surface area contributed by atoms with Crippen molar-refractivity contribution in [1.82, 2.24) is 4.08 Å². The number of hydrogen-bond acceptors (Lipinski definition) is 2. The van der Waals surface area contributed by atoms with Gasteiger partial charge >= 0.3 is 6.03 Å². The number of carbonyl (C=O) groups excluding carboxylic acids is 1. The third-order valence-electron chi connectivity index (χ3n) is 0.226. The summed E-state index contributed by atoms with van der Waals surface area (Å²) < 4.78 is 0.917. The average Bonchev–Trinajstić information content (AvgIpc) is 1.36. The van der Waals surface area contributed by atoms with Gasteiger partial charge in [-0.3, -0.25) is 4.08 Å². The molecule has 1 unspecified atom stereocenters. The van der Waals surface area contributed by atoms with Crippen molar-refractivity contribution in [2.24, 2.45) is 5.73 Å². The minimum absolute atomic E-state index is 0.580. The molecule has 0 aliphatic heterocycles. The standard InChI is InChI=1S/CH5N2OPS/c2-1(4)3(5)6/h6H,5H2,(H2,2,4). The number of urea groups is 1. The molecule has 0 fully saturated rings. The molecule has 0 rings (SSSR count). The fourth-order valence-corrected chi connectivity index (χ4v) is 0. The molecule has 0 heterocycles. The first-order chi connectivity index (χ1) is 2.64. The van der Waals surface area contributed by atoms with E-state index in [1.807, 2.05) is 9.39 Å². The Bertz CT molecular complexity index is 64.6. The van der Waals surface area contributed by atoms with Gasteiger partial charge in [-0.2, -0.15) is 0 Å². The number of nitrogens with zero attached hydrogens (tertiary/aromatic N) is 1. The first-order valence-corrected chi connectivity index (χ1v) is 2.09. The van der Waals surface area contributed by atoms with Crippen molar-refractivity contribution in [2.45, 2.75) is 0 Å². The van der Waals surface area contributed by atoms with Gasteiger partial charge < -0.3 is 5.73 Å². The first-order valence-electron chi connectivity index (χ1n) is 1.17. The third-order valence-corrected chi connectivity index (χ3v) is 0.677. The van der Waals surface area contributed by atoms with Gasteiger partial charge in [0, 0.05) is 0 Å². The fourth-order valence-electron chi connectivity index (χ4n) is 0. The van der Waals surface area contributed by atoms with Crippen LogP contribution in [0.5, 0.6) is 0 Å². The van der Waals surface area contributed by atoms with Crippen molar-refractivity contribution >= 4 is 28.2 Å². The number of amides is 2. The van der Waals surface area contributed by atoms with E-state index < -0.39 is 6.03 Å². The molecule has 0 aliphatic rings. The molecule has 2 amide bonds. The molecule has 0 radical (unpaired) electrons. The molecule has 0 aromatic carbocycles. The summed E-state index contributed by atoms with van der Waals surface area (Å²) >= 11 is 3.51. The molecule has 6 heavy (non-hydrogen) atoms. The smallest absolute Gasteiger partial charge is 0.327 e. The lowest BCUT2D eigenvalue weighted by atomic mass is 11.2. The molecular weight excluding hydrogens is 119 g/mol. The van der Waals surface area contributed by atoms with Crippen LogP contribution in [0.2, 0.25) is 0 Å². The zero-order chi connectivity index (χ0) is 5.15. The molecular formula is CH5N2OPS. The molecule has 5 heteroatoms. The molecule has 2 N–H and O–H groups in total. The van der Waals surface area contributed by atoms with Crippen LogP contribution in [-0.2, 0) is 0 Å². The quantitative estimate of drug-likeness (QED) is 0.346. The lowest BCUT2D eigenvalue weighted by Crippen LogP contribution is -2.18. The highest BCUT2D eigenvalue weighted by molar-refractivity contribution is 7.82. The molecule has 0 saturated heterocycles. The minimum Gasteiger partial charge on any atom is -0.351 e. The summed E-state index contributed by atoms with van der Waals surface area (Å²) in [6.07, 6.45) is 0. The van der Waals surface area contributed by atoms with Crippen LogP contribution in [-0.4, -0.2) is 10.1 Å². The van der Waals surface area contributed by atoms with Crippen molar-refractivity contribution in [1.29, 1.82) is 0 Å². The van der Waals surface area contributed by atoms with Crippen molar-refractivity contribution in [2.75, 3.05) is 0 Å². The summed E-state index contributed by atoms with van der Waals surface area (Å²) in [5, 5.41) is 0. The van der Waals surface area contributed by atoms with Crippen molar-refractivity contribution in [3.63, 3.8) is 0 Å². The topological polar surface area (TPSA) is 46.3 Å². The number of carbonyl (C=O) groups is 1. The predicted molar refractivity (Wildman–Crippen MR) is 30.1 cm³/mol. The zero-order valence-corrected chi connectivity index (χ0v) is 5.01. The second-order valence-electron chi connectivity index (χ2n) is 0.683. The second kappa shape index (κ2) is 2.26. The van der Waals surface area contributed by atoms with Crippen LogP contribution in [0.1, 0.15) is 0 Å². The largest absolute Gasteiger partial charge is 0.351 e. The van der Waals surface area contributed by atoms with Gasteiger partial charge in [0.2, 0.25) is 0 Å². The Hall–Kier alpha value is 0.0500. The number of rotatable bonds is 0. The Kier molecular flexibility index (Phi) is 2.28. The van der Waals surface area contributed by atoms with E-state index in [0.29, 0.717) is 0 Å². The summed E-state index contributed by atoms with van der Waals surface area (Å²) in [6, 6.07) is -0.580. The van der Waals surface area contributed by atoms with Crippen molar-refractivity contribution in [3.05, 3.63) is 0 Å². The normalized spacial score (nSPS) is 7.67. The van der Waals surface area contributed by atoms with Gasteiger partial charge in [0.1, 0.15) is 0 Å². The Morgan fingerprint density at radius 2 is 2.17 bits per heavy atom. The number of nitrogens with two attached hydrogens (primary N) is 1. The highest BCUT2D eigenvalue weighted by Gasteiger charge is 1.90. The van der Waals surface area contributed by atoms with E-state index in [2.05, 4.69) is 18.5 Å². The van der Waals surface area contributed by atoms with Gasteiger partial charge in [-0.05, 0) is 9.39 Å². The van der Waals surface area contributed by atoms with Crippen LogP contribution in [0.15, 0.2) is 0 Å². The fraction of sp³-hybridized carbons (Fsp3) is 0. The molecule has 0 aliphatic carbocycles. The van der Waals surface area contributed by atoms with E-state index in [0.717, 1.165) is 4.08 Å². The lowest BCUT2D eigenvalue weighted by Gasteiger charge is -1.99. The molecule has 0 spiro atoms. The highest BCUT2D eigenvalue weighted by Crippen LogP contribution is 1.97. The van der Waals surface area contributed by atoms with Crippen LogP contribution in [0, 0.1) is 0 Å². The van der Waals surface area contributed by atoms with E-state index in [9.17, 15) is 4.79 Å². The SMILES string of the molecule is NC(=O)N(P)S. The number of hydrogen-bond donors (Lipinski definition) is 2. The summed E-state index contributed by atoms with van der Waals surface area (Å²) in [6.45, 7) is 0. The van der Waals surface area contributed by atoms with Gasteiger partial charge in [0.05, 0.1) is 0 Å². The van der Waals surface area contributed by atoms with Gasteiger partial charge in [0.25, 0.3) is 0 Å². The van der Waals surface area contributed by atoms with Crippen LogP contribution >= 0.6 is 22.2 Å². The molecule has 0 saturated carbocycles. The molecule has 0 bridgehead atoms. The van der Waals surface area contributed by atoms with Crippen molar-refractivity contribution < 1.29 is 4.79 Å². The third kappa shape index (κ3) is 2.30. The summed E-state index contributed by atoms with van der Waals surface area (Å²) in [7, 11) is 2.00. The van der Waals surface area contributed by atoms with Gasteiger partial charge in [0.15, 0.2) is 0 Å². The van der Waals surface area contributed by atoms with E-state index in [1.54, 1.807) is 0 Å². The molecule has 0 aromatic heterocycles. The zero-order valence-electron chi connectivity index (χ0n) is 2.96. The Labute approximate surface area is 43.7 Å². The lowest BCUT2D eigenvalue weighted by molar-refractivity contribution is 0.247. The maximum absolute atomic E-state index is 9.75. The number of primary amides is 1. The summed E-state index contributed by atoms with van der Waals surface area (Å²) in [4.78, 5) is 9.75. The highest BCUT2D eigenvalue weighted by atomic mass is 32.1. The second-order valence-corrected chi connectivity index (χ2v) is 2.06. The average molecular weight is 124 g/mol. The van der Waals surface area contributed by atoms with E-state index in [-0.39, 0.29) is 0 Å². The van der Waals surface area contributed by atoms with Crippen LogP contribution in [0.3, 0.4) is 0 Å². The summed E-state index contributed by atoms with van der Waals surface area (Å²) in [5.41, 5.74) is 4.62. The molecule has 36 valence electrons. The van der Waals surface area contributed by atoms with Gasteiger partial charge in [-0.25, -0.2) is 4.79 Å².